The number of halogens is 1. The molecule has 6 heteroatoms. The average Bonchev–Trinajstić information content (AvgIpc) is 3.02. The van der Waals surface area contributed by atoms with Crippen molar-refractivity contribution in [3.63, 3.8) is 0 Å². The van der Waals surface area contributed by atoms with Crippen LogP contribution in [0.25, 0.3) is 0 Å². The zero-order valence-corrected chi connectivity index (χ0v) is 14.8. The summed E-state index contributed by atoms with van der Waals surface area (Å²) in [6, 6.07) is 9.72. The molecule has 1 N–H and O–H groups in total. The van der Waals surface area contributed by atoms with E-state index >= 15 is 0 Å². The molecule has 0 fully saturated rings. The lowest BCUT2D eigenvalue weighted by molar-refractivity contribution is -0.118. The molecule has 0 spiro atoms. The summed E-state index contributed by atoms with van der Waals surface area (Å²) in [4.78, 5) is 30.2. The SMILES string of the molecule is O=C(NCCCC(=O)N1CCc2ccccc21)c1cncc(Br)c1. The fourth-order valence-corrected chi connectivity index (χ4v) is 3.18. The number of aromatic nitrogens is 1. The standard InChI is InChI=1S/C18H18BrN3O2/c19-15-10-14(11-20-12-15)18(24)21-8-3-6-17(23)22-9-7-13-4-1-2-5-16(13)22/h1-2,4-5,10-12H,3,6-9H2,(H,21,24). The van der Waals surface area contributed by atoms with Crippen molar-refractivity contribution < 1.29 is 9.59 Å². The number of para-hydroxylation sites is 1. The van der Waals surface area contributed by atoms with E-state index in [1.54, 1.807) is 12.3 Å². The Bertz CT molecular complexity index is 763. The van der Waals surface area contributed by atoms with Gasteiger partial charge in [-0.15, -0.1) is 0 Å². The van der Waals surface area contributed by atoms with E-state index in [0.29, 0.717) is 24.9 Å². The molecule has 1 aliphatic rings. The highest BCUT2D eigenvalue weighted by Gasteiger charge is 2.23. The minimum absolute atomic E-state index is 0.110. The fraction of sp³-hybridized carbons (Fsp3) is 0.278. The van der Waals surface area contributed by atoms with Crippen LogP contribution in [0.5, 0.6) is 0 Å². The molecule has 0 aliphatic carbocycles. The van der Waals surface area contributed by atoms with Crippen LogP contribution in [-0.4, -0.2) is 29.9 Å². The number of amides is 2. The summed E-state index contributed by atoms with van der Waals surface area (Å²) in [5.74, 6) is -0.0684. The minimum Gasteiger partial charge on any atom is -0.352 e. The molecule has 1 aliphatic heterocycles. The Morgan fingerprint density at radius 2 is 2.08 bits per heavy atom. The fourth-order valence-electron chi connectivity index (χ4n) is 2.81. The van der Waals surface area contributed by atoms with Gasteiger partial charge in [-0.25, -0.2) is 0 Å². The summed E-state index contributed by atoms with van der Waals surface area (Å²) < 4.78 is 0.762. The normalized spacial score (nSPS) is 12.8. The van der Waals surface area contributed by atoms with Crippen molar-refractivity contribution >= 4 is 33.4 Å². The number of nitrogens with zero attached hydrogens (tertiary/aromatic N) is 2. The summed E-state index contributed by atoms with van der Waals surface area (Å²) in [6.45, 7) is 1.21. The van der Waals surface area contributed by atoms with Gasteiger partial charge in [-0.1, -0.05) is 18.2 Å². The molecule has 5 nitrogen and oxygen atoms in total. The van der Waals surface area contributed by atoms with Gasteiger partial charge in [-0.2, -0.15) is 0 Å². The molecule has 0 saturated carbocycles. The number of fused-ring (bicyclic) bond motifs is 1. The van der Waals surface area contributed by atoms with E-state index in [9.17, 15) is 9.59 Å². The van der Waals surface area contributed by atoms with E-state index in [2.05, 4.69) is 32.3 Å². The number of hydrogen-bond acceptors (Lipinski definition) is 3. The summed E-state index contributed by atoms with van der Waals surface area (Å²) in [5.41, 5.74) is 2.75. The van der Waals surface area contributed by atoms with E-state index in [-0.39, 0.29) is 11.8 Å². The Kier molecular flexibility index (Phi) is 5.25. The van der Waals surface area contributed by atoms with Gasteiger partial charge in [-0.3, -0.25) is 14.6 Å². The molecule has 0 atom stereocenters. The molecule has 3 rings (SSSR count). The second kappa shape index (κ2) is 7.57. The molecular formula is C18H18BrN3O2. The van der Waals surface area contributed by atoms with Crippen LogP contribution in [0.3, 0.4) is 0 Å². The van der Waals surface area contributed by atoms with Crippen LogP contribution in [0.1, 0.15) is 28.8 Å². The van der Waals surface area contributed by atoms with Gasteiger partial charge in [0.15, 0.2) is 0 Å². The number of pyridine rings is 1. The summed E-state index contributed by atoms with van der Waals surface area (Å²) >= 11 is 3.29. The number of benzene rings is 1. The lowest BCUT2D eigenvalue weighted by atomic mass is 10.2. The van der Waals surface area contributed by atoms with E-state index in [4.69, 9.17) is 0 Å². The van der Waals surface area contributed by atoms with Gasteiger partial charge < -0.3 is 10.2 Å². The smallest absolute Gasteiger partial charge is 0.252 e. The molecule has 0 saturated heterocycles. The van der Waals surface area contributed by atoms with Gasteiger partial charge in [0.25, 0.3) is 5.91 Å². The maximum Gasteiger partial charge on any atom is 0.252 e. The molecular weight excluding hydrogens is 370 g/mol. The molecule has 2 amide bonds. The Morgan fingerprint density at radius 1 is 1.25 bits per heavy atom. The highest BCUT2D eigenvalue weighted by molar-refractivity contribution is 9.10. The number of rotatable bonds is 5. The topological polar surface area (TPSA) is 62.3 Å². The second-order valence-electron chi connectivity index (χ2n) is 5.68. The third-order valence-electron chi connectivity index (χ3n) is 4.01. The lowest BCUT2D eigenvalue weighted by Gasteiger charge is -2.17. The van der Waals surface area contributed by atoms with Gasteiger partial charge in [0, 0.05) is 42.1 Å². The quantitative estimate of drug-likeness (QED) is 0.802. The van der Waals surface area contributed by atoms with Gasteiger partial charge in [0.2, 0.25) is 5.91 Å². The first-order valence-electron chi connectivity index (χ1n) is 7.92. The molecule has 124 valence electrons. The van der Waals surface area contributed by atoms with Crippen LogP contribution in [0.2, 0.25) is 0 Å². The highest BCUT2D eigenvalue weighted by Crippen LogP contribution is 2.27. The van der Waals surface area contributed by atoms with E-state index < -0.39 is 0 Å². The molecule has 1 aromatic heterocycles. The van der Waals surface area contributed by atoms with Gasteiger partial charge >= 0.3 is 0 Å². The van der Waals surface area contributed by atoms with Crippen molar-refractivity contribution in [1.29, 1.82) is 0 Å². The molecule has 1 aromatic carbocycles. The zero-order valence-electron chi connectivity index (χ0n) is 13.2. The minimum atomic E-state index is -0.178. The van der Waals surface area contributed by atoms with Crippen molar-refractivity contribution in [3.8, 4) is 0 Å². The molecule has 0 bridgehead atoms. The largest absolute Gasteiger partial charge is 0.352 e. The first-order valence-corrected chi connectivity index (χ1v) is 8.71. The summed E-state index contributed by atoms with van der Waals surface area (Å²) in [7, 11) is 0. The van der Waals surface area contributed by atoms with Crippen LogP contribution >= 0.6 is 15.9 Å². The predicted octanol–water partition coefficient (Wildman–Crippen LogP) is 2.94. The molecule has 2 aromatic rings. The van der Waals surface area contributed by atoms with Crippen molar-refractivity contribution in [3.05, 3.63) is 58.3 Å². The summed E-state index contributed by atoms with van der Waals surface area (Å²) in [5, 5.41) is 2.82. The lowest BCUT2D eigenvalue weighted by Crippen LogP contribution is -2.30. The van der Waals surface area contributed by atoms with Crippen LogP contribution in [-0.2, 0) is 11.2 Å². The molecule has 24 heavy (non-hydrogen) atoms. The maximum absolute atomic E-state index is 12.4. The number of hydrogen-bond donors (Lipinski definition) is 1. The van der Waals surface area contributed by atoms with Crippen LogP contribution in [0.15, 0.2) is 47.2 Å². The highest BCUT2D eigenvalue weighted by atomic mass is 79.9. The second-order valence-corrected chi connectivity index (χ2v) is 6.59. The number of anilines is 1. The van der Waals surface area contributed by atoms with Crippen molar-refractivity contribution in [2.75, 3.05) is 18.0 Å². The first-order chi connectivity index (χ1) is 11.6. The van der Waals surface area contributed by atoms with E-state index in [1.165, 1.54) is 11.8 Å². The van der Waals surface area contributed by atoms with E-state index in [0.717, 1.165) is 23.1 Å². The van der Waals surface area contributed by atoms with Crippen molar-refractivity contribution in [1.82, 2.24) is 10.3 Å². The van der Waals surface area contributed by atoms with Crippen LogP contribution < -0.4 is 10.2 Å². The molecule has 0 unspecified atom stereocenters. The van der Waals surface area contributed by atoms with Gasteiger partial charge in [0.05, 0.1) is 5.56 Å². The average molecular weight is 388 g/mol. The monoisotopic (exact) mass is 387 g/mol. The summed E-state index contributed by atoms with van der Waals surface area (Å²) in [6.07, 6.45) is 5.10. The third kappa shape index (κ3) is 3.82. The van der Waals surface area contributed by atoms with Crippen molar-refractivity contribution in [2.45, 2.75) is 19.3 Å². The zero-order chi connectivity index (χ0) is 16.9. The number of carbonyl (C=O) groups is 2. The van der Waals surface area contributed by atoms with Crippen LogP contribution in [0.4, 0.5) is 5.69 Å². The Balaban J connectivity index is 1.46. The van der Waals surface area contributed by atoms with E-state index in [1.807, 2.05) is 23.1 Å². The maximum atomic E-state index is 12.4. The third-order valence-corrected chi connectivity index (χ3v) is 4.44. The molecule has 2 heterocycles. The van der Waals surface area contributed by atoms with Crippen molar-refractivity contribution in [2.24, 2.45) is 0 Å². The number of nitrogens with one attached hydrogen (secondary N) is 1. The van der Waals surface area contributed by atoms with Crippen LogP contribution in [0, 0.1) is 0 Å². The van der Waals surface area contributed by atoms with Gasteiger partial charge in [0.1, 0.15) is 0 Å². The number of carbonyl (C=O) groups excluding carboxylic acids is 2. The van der Waals surface area contributed by atoms with Gasteiger partial charge in [-0.05, 0) is 46.5 Å². The first kappa shape index (κ1) is 16.6. The predicted molar refractivity (Wildman–Crippen MR) is 96.0 cm³/mol. The Hall–Kier alpha value is -2.21. The Morgan fingerprint density at radius 3 is 2.92 bits per heavy atom. The Labute approximate surface area is 149 Å². The molecule has 0 radical (unpaired) electrons.